The minimum absolute atomic E-state index is 0.0930. The number of piperidine rings is 1. The molecule has 2 amide bonds. The van der Waals surface area contributed by atoms with Crippen LogP contribution < -0.4 is 10.1 Å². The van der Waals surface area contributed by atoms with Crippen molar-refractivity contribution in [3.8, 4) is 5.75 Å². The van der Waals surface area contributed by atoms with E-state index in [4.69, 9.17) is 14.5 Å². The molecule has 2 aliphatic carbocycles. The van der Waals surface area contributed by atoms with Crippen molar-refractivity contribution in [3.05, 3.63) is 29.6 Å². The summed E-state index contributed by atoms with van der Waals surface area (Å²) in [5, 5.41) is 2.83. The highest BCUT2D eigenvalue weighted by atomic mass is 16.6. The summed E-state index contributed by atoms with van der Waals surface area (Å²) in [4.78, 5) is 48.3. The van der Waals surface area contributed by atoms with E-state index in [1.807, 2.05) is 35.0 Å². The number of fused-ring (bicyclic) bond motifs is 1. The highest BCUT2D eigenvalue weighted by Gasteiger charge is 2.30. The first kappa shape index (κ1) is 30.9. The molecule has 2 saturated carbocycles. The molecule has 5 rings (SSSR count). The van der Waals surface area contributed by atoms with Gasteiger partial charge in [0.05, 0.1) is 18.8 Å². The lowest BCUT2D eigenvalue weighted by Crippen LogP contribution is -2.49. The van der Waals surface area contributed by atoms with E-state index >= 15 is 0 Å². The molecule has 0 radical (unpaired) electrons. The van der Waals surface area contributed by atoms with Crippen LogP contribution in [0.3, 0.4) is 0 Å². The van der Waals surface area contributed by atoms with E-state index in [1.54, 1.807) is 4.90 Å². The van der Waals surface area contributed by atoms with E-state index in [9.17, 15) is 14.4 Å². The number of alkyl carbamates (subject to hydrolysis) is 1. The van der Waals surface area contributed by atoms with Crippen molar-refractivity contribution in [1.82, 2.24) is 20.0 Å². The largest absolute Gasteiger partial charge is 0.494 e. The Labute approximate surface area is 255 Å². The van der Waals surface area contributed by atoms with Gasteiger partial charge in [-0.25, -0.2) is 14.6 Å². The van der Waals surface area contributed by atoms with Crippen LogP contribution >= 0.6 is 0 Å². The number of amides is 2. The number of benzene rings is 1. The fourth-order valence-corrected chi connectivity index (χ4v) is 6.69. The Bertz CT molecular complexity index is 1190. The number of nitrogens with zero attached hydrogens (tertiary/aromatic N) is 4. The average molecular weight is 594 g/mol. The van der Waals surface area contributed by atoms with Crippen LogP contribution in [-0.4, -0.2) is 77.5 Å². The van der Waals surface area contributed by atoms with Crippen molar-refractivity contribution in [2.45, 2.75) is 115 Å². The van der Waals surface area contributed by atoms with Gasteiger partial charge in [-0.2, -0.15) is 0 Å². The molecule has 10 heteroatoms. The zero-order chi connectivity index (χ0) is 30.0. The number of carbonyl (C=O) groups is 2. The van der Waals surface area contributed by atoms with Gasteiger partial charge in [-0.05, 0) is 82.4 Å². The molecule has 43 heavy (non-hydrogen) atoms. The smallest absolute Gasteiger partial charge is 0.414 e. The predicted octanol–water partition coefficient (Wildman–Crippen LogP) is 5.66. The fraction of sp³-hybridized carbons (Fsp3) is 0.667. The number of rotatable bonds is 9. The van der Waals surface area contributed by atoms with Crippen molar-refractivity contribution >= 4 is 29.6 Å². The summed E-state index contributed by atoms with van der Waals surface area (Å²) in [6.45, 7) is 2.28. The molecule has 1 N–H and O–H groups in total. The third-order valence-electron chi connectivity index (χ3n) is 9.22. The number of likely N-dealkylation sites (tertiary alicyclic amines) is 1. The molecule has 2 heterocycles. The zero-order valence-corrected chi connectivity index (χ0v) is 25.7. The monoisotopic (exact) mass is 593 g/mol. The van der Waals surface area contributed by atoms with E-state index in [0.29, 0.717) is 49.3 Å². The summed E-state index contributed by atoms with van der Waals surface area (Å²) in [5.74, 6) is 3.64. The maximum absolute atomic E-state index is 12.9. The number of nitrogens with one attached hydrogen (secondary N) is 1. The third kappa shape index (κ3) is 8.31. The molecular formula is C33H47N5O5. The Hall–Kier alpha value is -3.52. The first-order chi connectivity index (χ1) is 21.0. The van der Waals surface area contributed by atoms with Crippen molar-refractivity contribution in [3.63, 3.8) is 0 Å². The van der Waals surface area contributed by atoms with Gasteiger partial charge in [-0.1, -0.05) is 25.7 Å². The molecule has 0 bridgehead atoms. The van der Waals surface area contributed by atoms with Crippen LogP contribution in [0.5, 0.6) is 5.75 Å². The summed E-state index contributed by atoms with van der Waals surface area (Å²) in [6.07, 6.45) is 14.5. The first-order valence-electron chi connectivity index (χ1n) is 16.4. The molecule has 0 spiro atoms. The lowest BCUT2D eigenvalue weighted by Gasteiger charge is -2.37. The van der Waals surface area contributed by atoms with Gasteiger partial charge in [-0.15, -0.1) is 0 Å². The molecule has 0 unspecified atom stereocenters. The van der Waals surface area contributed by atoms with Gasteiger partial charge < -0.3 is 19.3 Å². The molecule has 1 aromatic rings. The molecule has 4 aliphatic rings. The number of carbonyl (C=O) groups excluding carboxylic acids is 3. The highest BCUT2D eigenvalue weighted by molar-refractivity contribution is 5.98. The molecule has 234 valence electrons. The second kappa shape index (κ2) is 15.3. The van der Waals surface area contributed by atoms with Crippen molar-refractivity contribution in [1.29, 1.82) is 0 Å². The van der Waals surface area contributed by atoms with Crippen LogP contribution in [0, 0.1) is 0 Å². The summed E-state index contributed by atoms with van der Waals surface area (Å²) in [5.41, 5.74) is 1.58. The van der Waals surface area contributed by atoms with E-state index < -0.39 is 6.09 Å². The summed E-state index contributed by atoms with van der Waals surface area (Å²) < 4.78 is 11.7. The summed E-state index contributed by atoms with van der Waals surface area (Å²) in [6, 6.07) is 6.02. The quantitative estimate of drug-likeness (QED) is 0.291. The molecule has 10 nitrogen and oxygen atoms in total. The molecule has 3 fully saturated rings. The maximum Gasteiger partial charge on any atom is 0.414 e. The molecule has 0 atom stereocenters. The maximum atomic E-state index is 12.9. The van der Waals surface area contributed by atoms with Crippen LogP contribution in [0.15, 0.2) is 29.0 Å². The van der Waals surface area contributed by atoms with Gasteiger partial charge in [0.2, 0.25) is 11.9 Å². The normalized spacial score (nSPS) is 19.5. The van der Waals surface area contributed by atoms with Crippen LogP contribution in [0.25, 0.3) is 0 Å². The van der Waals surface area contributed by atoms with Crippen LogP contribution in [0.1, 0.15) is 102 Å². The van der Waals surface area contributed by atoms with Gasteiger partial charge in [0, 0.05) is 38.2 Å². The molecule has 1 saturated heterocycles. The lowest BCUT2D eigenvalue weighted by atomic mass is 9.94. The Morgan fingerprint density at radius 3 is 2.42 bits per heavy atom. The summed E-state index contributed by atoms with van der Waals surface area (Å²) >= 11 is 0. The Balaban J connectivity index is 1.23. The number of hydrogen-bond donors (Lipinski definition) is 1. The van der Waals surface area contributed by atoms with E-state index in [-0.39, 0.29) is 18.0 Å². The minimum atomic E-state index is -0.549. The lowest BCUT2D eigenvalue weighted by molar-refractivity contribution is -0.132. The second-order valence-corrected chi connectivity index (χ2v) is 12.3. The van der Waals surface area contributed by atoms with Crippen molar-refractivity contribution < 1.29 is 23.9 Å². The molecule has 0 aromatic heterocycles. The van der Waals surface area contributed by atoms with Gasteiger partial charge in [0.1, 0.15) is 11.9 Å². The Morgan fingerprint density at radius 2 is 1.70 bits per heavy atom. The number of ether oxygens (including phenoxy) is 2. The molecule has 1 aromatic carbocycles. The number of aliphatic imine (C=N–C) groups is 1. The van der Waals surface area contributed by atoms with Crippen molar-refractivity contribution in [2.75, 3.05) is 26.7 Å². The fourth-order valence-electron chi connectivity index (χ4n) is 6.69. The Kier molecular flexibility index (Phi) is 11.0. The summed E-state index contributed by atoms with van der Waals surface area (Å²) in [7, 11) is 1.93. The van der Waals surface area contributed by atoms with E-state index in [2.05, 4.69) is 11.3 Å². The van der Waals surface area contributed by atoms with Gasteiger partial charge in [0.25, 0.3) is 0 Å². The van der Waals surface area contributed by atoms with E-state index in [0.717, 1.165) is 76.4 Å². The predicted molar refractivity (Wildman–Crippen MR) is 165 cm³/mol. The van der Waals surface area contributed by atoms with Crippen LogP contribution in [0.4, 0.5) is 10.5 Å². The van der Waals surface area contributed by atoms with Gasteiger partial charge >= 0.3 is 6.09 Å². The number of guanidine groups is 1. The topological polar surface area (TPSA) is 104 Å². The Morgan fingerprint density at radius 1 is 1.00 bits per heavy atom. The SMILES string of the molecule is CN(C(=O)CCCOc1ccc2c(c1)CN(C(=C=O)N1CCCCC1)C(NC(=O)OC1CCCCC1)=N2)C1CCCCC1. The minimum Gasteiger partial charge on any atom is -0.494 e. The standard InChI is InChI=1S/C33H47N5O5/c1-36(26-12-5-2-6-13-26)31(40)16-11-21-42-28-17-18-29-25(22-28)23-38(30(24-39)37-19-9-4-10-20-37)32(34-29)35-33(41)43-27-14-7-3-8-15-27/h17-18,22,26-27H,2-16,19-21,23H2,1H3,(H,34,35,41). The van der Waals surface area contributed by atoms with Crippen LogP contribution in [-0.2, 0) is 20.9 Å². The third-order valence-corrected chi connectivity index (χ3v) is 9.22. The van der Waals surface area contributed by atoms with E-state index in [1.165, 1.54) is 25.7 Å². The molecular weight excluding hydrogens is 546 g/mol. The second-order valence-electron chi connectivity index (χ2n) is 12.3. The number of hydrogen-bond acceptors (Lipinski definition) is 8. The average Bonchev–Trinajstić information content (AvgIpc) is 3.04. The first-order valence-corrected chi connectivity index (χ1v) is 16.4. The van der Waals surface area contributed by atoms with Crippen LogP contribution in [0.2, 0.25) is 0 Å². The highest BCUT2D eigenvalue weighted by Crippen LogP contribution is 2.32. The zero-order valence-electron chi connectivity index (χ0n) is 25.7. The molecule has 2 aliphatic heterocycles. The van der Waals surface area contributed by atoms with Gasteiger partial charge in [-0.3, -0.25) is 15.0 Å². The van der Waals surface area contributed by atoms with Crippen molar-refractivity contribution in [2.24, 2.45) is 4.99 Å². The van der Waals surface area contributed by atoms with Gasteiger partial charge in [0.15, 0.2) is 11.8 Å².